The van der Waals surface area contributed by atoms with Crippen molar-refractivity contribution in [3.8, 4) is 11.1 Å². The molecule has 1 aromatic heterocycles. The van der Waals surface area contributed by atoms with Gasteiger partial charge < -0.3 is 20.5 Å². The number of carbonyl (C=O) groups is 3. The third-order valence-corrected chi connectivity index (χ3v) is 6.16. The Bertz CT molecular complexity index is 1100. The van der Waals surface area contributed by atoms with E-state index >= 15 is 0 Å². The molecule has 164 valence electrons. The number of rotatable bonds is 9. The molecule has 0 aliphatic heterocycles. The van der Waals surface area contributed by atoms with E-state index < -0.39 is 18.1 Å². The number of carbonyl (C=O) groups excluding carboxylic acids is 2. The first-order valence-electron chi connectivity index (χ1n) is 10.1. The molecule has 1 atom stereocenters. The number of nitrogens with one attached hydrogen (secondary N) is 2. The monoisotopic (exact) mass is 451 g/mol. The highest BCUT2D eigenvalue weighted by molar-refractivity contribution is 7.17. The quantitative estimate of drug-likeness (QED) is 0.424. The fourth-order valence-electron chi connectivity index (χ4n) is 3.79. The number of hydrogen-bond acceptors (Lipinski definition) is 7. The zero-order valence-electron chi connectivity index (χ0n) is 17.0. The zero-order valence-corrected chi connectivity index (χ0v) is 17.8. The highest BCUT2D eigenvalue weighted by Gasteiger charge is 2.29. The molecule has 0 spiro atoms. The molecule has 4 rings (SSSR count). The topological polar surface area (TPSA) is 118 Å². The van der Waals surface area contributed by atoms with Crippen LogP contribution < -0.4 is 10.6 Å². The third-order valence-electron chi connectivity index (χ3n) is 5.28. The average molecular weight is 452 g/mol. The molecule has 0 radical (unpaired) electrons. The van der Waals surface area contributed by atoms with Crippen molar-refractivity contribution >= 4 is 34.8 Å². The Morgan fingerprint density at radius 3 is 2.38 bits per heavy atom. The Balaban J connectivity index is 1.33. The molecule has 9 heteroatoms. The summed E-state index contributed by atoms with van der Waals surface area (Å²) < 4.78 is 5.42. The minimum atomic E-state index is -1.16. The van der Waals surface area contributed by atoms with E-state index in [1.807, 2.05) is 48.5 Å². The summed E-state index contributed by atoms with van der Waals surface area (Å²) in [6, 6.07) is 14.8. The standard InChI is InChI=1S/C23H21N3O5S/c27-12-14-11-25-22(32-14)24-10-9-20(21(28)29)26-23(30)31-13-19-17-7-3-1-5-15(17)16-6-2-4-8-18(16)19/h1-8,11-12,19-20H,9-10,13H2,(H,24,25)(H,26,30)(H,28,29)/t20-/m0/s1. The van der Waals surface area contributed by atoms with Gasteiger partial charge in [0.2, 0.25) is 0 Å². The number of aliphatic carboxylic acids is 1. The van der Waals surface area contributed by atoms with Crippen LogP contribution in [0.3, 0.4) is 0 Å². The van der Waals surface area contributed by atoms with Crippen LogP contribution in [0, 0.1) is 0 Å². The number of anilines is 1. The highest BCUT2D eigenvalue weighted by atomic mass is 32.1. The van der Waals surface area contributed by atoms with Gasteiger partial charge in [-0.3, -0.25) is 4.79 Å². The lowest BCUT2D eigenvalue weighted by molar-refractivity contribution is -0.139. The molecule has 0 fully saturated rings. The lowest BCUT2D eigenvalue weighted by atomic mass is 9.98. The van der Waals surface area contributed by atoms with Crippen LogP contribution in [-0.2, 0) is 9.53 Å². The fraction of sp³-hybridized carbons (Fsp3) is 0.217. The van der Waals surface area contributed by atoms with Gasteiger partial charge in [-0.05, 0) is 28.7 Å². The van der Waals surface area contributed by atoms with Crippen molar-refractivity contribution < 1.29 is 24.2 Å². The molecule has 3 aromatic rings. The minimum absolute atomic E-state index is 0.102. The van der Waals surface area contributed by atoms with Crippen molar-refractivity contribution in [3.05, 3.63) is 70.7 Å². The van der Waals surface area contributed by atoms with Crippen molar-refractivity contribution in [3.63, 3.8) is 0 Å². The number of benzene rings is 2. The van der Waals surface area contributed by atoms with E-state index in [1.165, 1.54) is 17.5 Å². The predicted molar refractivity (Wildman–Crippen MR) is 120 cm³/mol. The van der Waals surface area contributed by atoms with Crippen LogP contribution in [0.25, 0.3) is 11.1 Å². The van der Waals surface area contributed by atoms with Crippen molar-refractivity contribution in [2.75, 3.05) is 18.5 Å². The van der Waals surface area contributed by atoms with E-state index in [0.717, 1.165) is 22.3 Å². The van der Waals surface area contributed by atoms with E-state index in [-0.39, 0.29) is 25.5 Å². The van der Waals surface area contributed by atoms with Crippen LogP contribution >= 0.6 is 11.3 Å². The normalized spacial score (nSPS) is 13.0. The summed E-state index contributed by atoms with van der Waals surface area (Å²) in [5, 5.41) is 15.3. The second-order valence-electron chi connectivity index (χ2n) is 7.26. The van der Waals surface area contributed by atoms with Crippen LogP contribution in [0.5, 0.6) is 0 Å². The summed E-state index contributed by atoms with van der Waals surface area (Å²) in [4.78, 5) is 39.1. The van der Waals surface area contributed by atoms with Gasteiger partial charge in [-0.1, -0.05) is 59.9 Å². The molecule has 0 bridgehead atoms. The molecule has 1 amide bonds. The minimum Gasteiger partial charge on any atom is -0.480 e. The summed E-state index contributed by atoms with van der Waals surface area (Å²) in [5.41, 5.74) is 4.40. The number of nitrogens with zero attached hydrogens (tertiary/aromatic N) is 1. The summed E-state index contributed by atoms with van der Waals surface area (Å²) in [7, 11) is 0. The van der Waals surface area contributed by atoms with E-state index in [4.69, 9.17) is 4.74 Å². The maximum Gasteiger partial charge on any atom is 0.407 e. The molecule has 1 aliphatic rings. The Morgan fingerprint density at radius 2 is 1.78 bits per heavy atom. The summed E-state index contributed by atoms with van der Waals surface area (Å²) in [6.45, 7) is 0.366. The maximum atomic E-state index is 12.3. The molecule has 0 saturated carbocycles. The van der Waals surface area contributed by atoms with Gasteiger partial charge >= 0.3 is 12.1 Å². The van der Waals surface area contributed by atoms with Crippen LogP contribution in [0.2, 0.25) is 0 Å². The van der Waals surface area contributed by atoms with Crippen molar-refractivity contribution in [2.24, 2.45) is 0 Å². The first kappa shape index (κ1) is 21.5. The Labute approximate surface area is 188 Å². The van der Waals surface area contributed by atoms with Gasteiger partial charge in [0, 0.05) is 12.5 Å². The van der Waals surface area contributed by atoms with E-state index in [9.17, 15) is 19.5 Å². The predicted octanol–water partition coefficient (Wildman–Crippen LogP) is 3.75. The zero-order chi connectivity index (χ0) is 22.5. The average Bonchev–Trinajstić information content (AvgIpc) is 3.39. The summed E-state index contributed by atoms with van der Waals surface area (Å²) in [5.74, 6) is -1.26. The first-order chi connectivity index (χ1) is 15.6. The molecular weight excluding hydrogens is 430 g/mol. The smallest absolute Gasteiger partial charge is 0.407 e. The largest absolute Gasteiger partial charge is 0.480 e. The molecule has 1 heterocycles. The summed E-state index contributed by atoms with van der Waals surface area (Å²) in [6.07, 6.45) is 1.47. The van der Waals surface area contributed by atoms with Gasteiger partial charge in [0.1, 0.15) is 12.6 Å². The molecule has 32 heavy (non-hydrogen) atoms. The lowest BCUT2D eigenvalue weighted by Crippen LogP contribution is -2.42. The number of carboxylic acids is 1. The number of thiazole rings is 1. The Hall–Kier alpha value is -3.72. The van der Waals surface area contributed by atoms with Gasteiger partial charge in [-0.15, -0.1) is 0 Å². The van der Waals surface area contributed by atoms with Gasteiger partial charge in [-0.25, -0.2) is 14.6 Å². The van der Waals surface area contributed by atoms with Crippen LogP contribution in [0.4, 0.5) is 9.93 Å². The number of amides is 1. The molecule has 2 aromatic carbocycles. The molecule has 1 aliphatic carbocycles. The maximum absolute atomic E-state index is 12.3. The molecule has 0 unspecified atom stereocenters. The third kappa shape index (κ3) is 4.62. The number of fused-ring (bicyclic) bond motifs is 3. The first-order valence-corrected chi connectivity index (χ1v) is 10.9. The van der Waals surface area contributed by atoms with E-state index in [2.05, 4.69) is 15.6 Å². The van der Waals surface area contributed by atoms with Gasteiger partial charge in [0.05, 0.1) is 11.1 Å². The summed E-state index contributed by atoms with van der Waals surface area (Å²) >= 11 is 1.17. The Morgan fingerprint density at radius 1 is 1.12 bits per heavy atom. The van der Waals surface area contributed by atoms with E-state index in [0.29, 0.717) is 16.3 Å². The number of alkyl carbamates (subject to hydrolysis) is 1. The van der Waals surface area contributed by atoms with Gasteiger partial charge in [0.15, 0.2) is 11.4 Å². The molecule has 0 saturated heterocycles. The number of aromatic nitrogens is 1. The van der Waals surface area contributed by atoms with Crippen molar-refractivity contribution in [2.45, 2.75) is 18.4 Å². The molecular formula is C23H21N3O5S. The molecule has 3 N–H and O–H groups in total. The number of aldehydes is 1. The van der Waals surface area contributed by atoms with Crippen LogP contribution in [0.1, 0.15) is 33.1 Å². The van der Waals surface area contributed by atoms with Crippen LogP contribution in [0.15, 0.2) is 54.7 Å². The number of carboxylic acid groups (broad SMARTS) is 1. The highest BCUT2D eigenvalue weighted by Crippen LogP contribution is 2.44. The van der Waals surface area contributed by atoms with E-state index in [1.54, 1.807) is 0 Å². The van der Waals surface area contributed by atoms with Crippen molar-refractivity contribution in [1.82, 2.24) is 10.3 Å². The number of ether oxygens (including phenoxy) is 1. The Kier molecular flexibility index (Phi) is 6.46. The number of hydrogen-bond donors (Lipinski definition) is 3. The lowest BCUT2D eigenvalue weighted by Gasteiger charge is -2.17. The molecule has 8 nitrogen and oxygen atoms in total. The second-order valence-corrected chi connectivity index (χ2v) is 8.32. The fourth-order valence-corrected chi connectivity index (χ4v) is 4.44. The van der Waals surface area contributed by atoms with Crippen molar-refractivity contribution in [1.29, 1.82) is 0 Å². The SMILES string of the molecule is O=Cc1cnc(NCC[C@H](NC(=O)OCC2c3ccccc3-c3ccccc32)C(=O)O)s1. The van der Waals surface area contributed by atoms with Crippen LogP contribution in [-0.4, -0.2) is 47.6 Å². The second kappa shape index (κ2) is 9.61. The van der Waals surface area contributed by atoms with Gasteiger partial charge in [0.25, 0.3) is 0 Å². The van der Waals surface area contributed by atoms with Gasteiger partial charge in [-0.2, -0.15) is 0 Å².